The monoisotopic (exact) mass is 390 g/mol. The fraction of sp³-hybridized carbons (Fsp3) is 0.421. The number of rotatable bonds is 6. The molecule has 0 aliphatic carbocycles. The third kappa shape index (κ3) is 4.77. The number of esters is 1. The maximum Gasteiger partial charge on any atom is 0.338 e. The van der Waals surface area contributed by atoms with Gasteiger partial charge in [0.2, 0.25) is 0 Å². The quantitative estimate of drug-likeness (QED) is 0.512. The molecule has 0 fully saturated rings. The van der Waals surface area contributed by atoms with E-state index in [4.69, 9.17) is 17.0 Å². The first-order valence-electron chi connectivity index (χ1n) is 9.03. The van der Waals surface area contributed by atoms with Crippen molar-refractivity contribution in [3.63, 3.8) is 0 Å². The number of carbonyl (C=O) groups is 2. The van der Waals surface area contributed by atoms with Crippen LogP contribution in [-0.2, 0) is 9.53 Å². The first kappa shape index (κ1) is 20.7. The van der Waals surface area contributed by atoms with Gasteiger partial charge in [-0.2, -0.15) is 0 Å². The maximum absolute atomic E-state index is 12.6. The molecule has 27 heavy (non-hydrogen) atoms. The summed E-state index contributed by atoms with van der Waals surface area (Å²) >= 11 is 5.46. The van der Waals surface area contributed by atoms with Crippen LogP contribution in [0.3, 0.4) is 0 Å². The second kappa shape index (κ2) is 9.36. The first-order valence-corrected chi connectivity index (χ1v) is 9.44. The van der Waals surface area contributed by atoms with Crippen LogP contribution >= 0.6 is 12.2 Å². The van der Waals surface area contributed by atoms with Crippen molar-refractivity contribution >= 4 is 35.0 Å². The van der Waals surface area contributed by atoms with Crippen molar-refractivity contribution in [1.82, 2.24) is 15.5 Å². The summed E-state index contributed by atoms with van der Waals surface area (Å²) in [4.78, 5) is 26.1. The minimum atomic E-state index is -0.405. The Morgan fingerprint density at radius 3 is 2.44 bits per heavy atom. The zero-order chi connectivity index (χ0) is 20.0. The molecule has 0 bridgehead atoms. The summed E-state index contributed by atoms with van der Waals surface area (Å²) in [5.74, 6) is -0.363. The van der Waals surface area contributed by atoms with Crippen LogP contribution in [-0.4, -0.2) is 41.7 Å². The van der Waals surface area contributed by atoms with Gasteiger partial charge in [-0.15, -0.1) is 0 Å². The van der Waals surface area contributed by atoms with Crippen LogP contribution in [0.2, 0.25) is 0 Å². The summed E-state index contributed by atoms with van der Waals surface area (Å²) in [6.07, 6.45) is 0. The maximum atomic E-state index is 12.6. The Kier molecular flexibility index (Phi) is 7.18. The number of thiocarbonyl (C=S) groups is 1. The van der Waals surface area contributed by atoms with Gasteiger partial charge in [0.25, 0.3) is 0 Å². The average molecular weight is 391 g/mol. The van der Waals surface area contributed by atoms with Crippen molar-refractivity contribution in [3.8, 4) is 0 Å². The molecule has 0 spiro atoms. The second-order valence-corrected chi connectivity index (χ2v) is 6.34. The minimum Gasteiger partial charge on any atom is -0.463 e. The van der Waals surface area contributed by atoms with E-state index in [2.05, 4.69) is 16.0 Å². The van der Waals surface area contributed by atoms with Gasteiger partial charge in [0.15, 0.2) is 5.11 Å². The van der Waals surface area contributed by atoms with Crippen LogP contribution in [0.1, 0.15) is 39.3 Å². The zero-order valence-electron chi connectivity index (χ0n) is 16.1. The highest BCUT2D eigenvalue weighted by atomic mass is 32.1. The van der Waals surface area contributed by atoms with Crippen LogP contribution < -0.4 is 16.0 Å². The Morgan fingerprint density at radius 2 is 1.89 bits per heavy atom. The van der Waals surface area contributed by atoms with Gasteiger partial charge in [0, 0.05) is 24.5 Å². The Balaban J connectivity index is 2.33. The van der Waals surface area contributed by atoms with E-state index < -0.39 is 6.04 Å². The number of nitrogens with zero attached hydrogens (tertiary/aromatic N) is 1. The fourth-order valence-electron chi connectivity index (χ4n) is 2.98. The van der Waals surface area contributed by atoms with Crippen LogP contribution in [0, 0.1) is 0 Å². The number of hydrogen-bond donors (Lipinski definition) is 3. The van der Waals surface area contributed by atoms with E-state index in [1.54, 1.807) is 19.1 Å². The summed E-state index contributed by atoms with van der Waals surface area (Å²) in [6, 6.07) is 6.63. The molecule has 0 saturated heterocycles. The standard InChI is InChI=1S/C19H26N4O3S/c1-5-20-18(25)21-14-10-8-13(9-11-14)16-15(17(24)26-7-3)12(4)23(6-2)19(27)22-16/h8-11,16H,5-7H2,1-4H3,(H,22,27)(H2,20,21,25)/t16-/m0/s1. The minimum absolute atomic E-state index is 0.260. The highest BCUT2D eigenvalue weighted by Crippen LogP contribution is 2.31. The Hall–Kier alpha value is -2.61. The zero-order valence-corrected chi connectivity index (χ0v) is 16.9. The predicted molar refractivity (Wildman–Crippen MR) is 109 cm³/mol. The van der Waals surface area contributed by atoms with Gasteiger partial charge in [-0.05, 0) is 57.6 Å². The third-order valence-corrected chi connectivity index (χ3v) is 4.59. The van der Waals surface area contributed by atoms with Crippen molar-refractivity contribution in [3.05, 3.63) is 41.1 Å². The molecule has 1 aliphatic rings. The molecule has 1 heterocycles. The van der Waals surface area contributed by atoms with Crippen molar-refractivity contribution in [1.29, 1.82) is 0 Å². The smallest absolute Gasteiger partial charge is 0.338 e. The van der Waals surface area contributed by atoms with Gasteiger partial charge in [0.1, 0.15) is 0 Å². The van der Waals surface area contributed by atoms with E-state index in [9.17, 15) is 9.59 Å². The first-order chi connectivity index (χ1) is 12.9. The molecule has 0 aromatic heterocycles. The molecule has 0 saturated carbocycles. The molecule has 0 unspecified atom stereocenters. The summed E-state index contributed by atoms with van der Waals surface area (Å²) < 4.78 is 5.26. The lowest BCUT2D eigenvalue weighted by atomic mass is 9.95. The van der Waals surface area contributed by atoms with E-state index in [0.717, 1.165) is 11.3 Å². The Bertz CT molecular complexity index is 746. The third-order valence-electron chi connectivity index (χ3n) is 4.25. The number of benzene rings is 1. The van der Waals surface area contributed by atoms with Gasteiger partial charge in [-0.25, -0.2) is 9.59 Å². The number of nitrogens with one attached hydrogen (secondary N) is 3. The van der Waals surface area contributed by atoms with Gasteiger partial charge < -0.3 is 25.6 Å². The molecule has 2 rings (SSSR count). The van der Waals surface area contributed by atoms with E-state index in [0.29, 0.717) is 36.1 Å². The molecule has 1 atom stereocenters. The van der Waals surface area contributed by atoms with E-state index in [1.807, 2.05) is 37.8 Å². The number of carbonyl (C=O) groups excluding carboxylic acids is 2. The lowest BCUT2D eigenvalue weighted by Gasteiger charge is -2.37. The SMILES string of the molecule is CCNC(=O)Nc1ccc([C@@H]2NC(=S)N(CC)C(C)=C2C(=O)OCC)cc1. The van der Waals surface area contributed by atoms with Crippen LogP contribution in [0.25, 0.3) is 0 Å². The van der Waals surface area contributed by atoms with Gasteiger partial charge in [-0.3, -0.25) is 0 Å². The van der Waals surface area contributed by atoms with Crippen LogP contribution in [0.4, 0.5) is 10.5 Å². The summed E-state index contributed by atoms with van der Waals surface area (Å²) in [6.45, 7) is 8.99. The molecular weight excluding hydrogens is 364 g/mol. The highest BCUT2D eigenvalue weighted by molar-refractivity contribution is 7.80. The van der Waals surface area contributed by atoms with Crippen LogP contribution in [0.5, 0.6) is 0 Å². The molecule has 146 valence electrons. The van der Waals surface area contributed by atoms with Gasteiger partial charge in [-0.1, -0.05) is 12.1 Å². The lowest BCUT2D eigenvalue weighted by molar-refractivity contribution is -0.139. The number of hydrogen-bond acceptors (Lipinski definition) is 4. The second-order valence-electron chi connectivity index (χ2n) is 5.95. The Labute approximate surface area is 165 Å². The van der Waals surface area contributed by atoms with Crippen molar-refractivity contribution in [2.45, 2.75) is 33.7 Å². The molecule has 1 aromatic rings. The molecule has 7 nitrogen and oxygen atoms in total. The average Bonchev–Trinajstić information content (AvgIpc) is 2.62. The fourth-order valence-corrected chi connectivity index (χ4v) is 3.36. The molecule has 0 radical (unpaired) electrons. The number of ether oxygens (including phenoxy) is 1. The molecule has 2 amide bonds. The Morgan fingerprint density at radius 1 is 1.22 bits per heavy atom. The van der Waals surface area contributed by atoms with Crippen molar-refractivity contribution in [2.75, 3.05) is 25.0 Å². The van der Waals surface area contributed by atoms with Crippen LogP contribution in [0.15, 0.2) is 35.5 Å². The molecule has 1 aliphatic heterocycles. The topological polar surface area (TPSA) is 82.7 Å². The van der Waals surface area contributed by atoms with E-state index in [-0.39, 0.29) is 12.0 Å². The summed E-state index contributed by atoms with van der Waals surface area (Å²) in [7, 11) is 0. The van der Waals surface area contributed by atoms with Gasteiger partial charge in [0.05, 0.1) is 18.2 Å². The molecule has 3 N–H and O–H groups in total. The number of urea groups is 1. The number of anilines is 1. The normalized spacial score (nSPS) is 16.7. The predicted octanol–water partition coefficient (Wildman–Crippen LogP) is 2.92. The lowest BCUT2D eigenvalue weighted by Crippen LogP contribution is -2.47. The highest BCUT2D eigenvalue weighted by Gasteiger charge is 2.34. The molecular formula is C19H26N4O3S. The molecule has 8 heteroatoms. The van der Waals surface area contributed by atoms with Crippen molar-refractivity contribution < 1.29 is 14.3 Å². The molecule has 1 aromatic carbocycles. The van der Waals surface area contributed by atoms with Gasteiger partial charge >= 0.3 is 12.0 Å². The van der Waals surface area contributed by atoms with Crippen molar-refractivity contribution in [2.24, 2.45) is 0 Å². The van der Waals surface area contributed by atoms with E-state index >= 15 is 0 Å². The largest absolute Gasteiger partial charge is 0.463 e. The number of amides is 2. The summed E-state index contributed by atoms with van der Waals surface area (Å²) in [5.41, 5.74) is 2.85. The number of allylic oxidation sites excluding steroid dienone is 1. The summed E-state index contributed by atoms with van der Waals surface area (Å²) in [5, 5.41) is 9.23. The van der Waals surface area contributed by atoms with E-state index in [1.165, 1.54) is 0 Å².